The number of fused-ring (bicyclic) bond motifs is 1. The monoisotopic (exact) mass is 455 g/mol. The van der Waals surface area contributed by atoms with Crippen molar-refractivity contribution in [2.24, 2.45) is 14.1 Å². The smallest absolute Gasteiger partial charge is 0.279 e. The Balaban J connectivity index is 1.65. The first kappa shape index (κ1) is 20.5. The normalized spacial score (nSPS) is 16.6. The van der Waals surface area contributed by atoms with Crippen molar-refractivity contribution in [1.82, 2.24) is 29.3 Å². The highest BCUT2D eigenvalue weighted by Gasteiger charge is 2.27. The van der Waals surface area contributed by atoms with Crippen LogP contribution in [0.3, 0.4) is 0 Å². The van der Waals surface area contributed by atoms with Gasteiger partial charge in [-0.05, 0) is 18.2 Å². The molecule has 164 valence electrons. The fourth-order valence-corrected chi connectivity index (χ4v) is 3.89. The highest BCUT2D eigenvalue weighted by Crippen LogP contribution is 2.31. The molecule has 32 heavy (non-hydrogen) atoms. The molecule has 4 aromatic rings. The maximum Gasteiger partial charge on any atom is 0.279 e. The zero-order valence-corrected chi connectivity index (χ0v) is 18.1. The van der Waals surface area contributed by atoms with Gasteiger partial charge < -0.3 is 14.2 Å². The van der Waals surface area contributed by atoms with E-state index in [1.54, 1.807) is 24.0 Å². The van der Waals surface area contributed by atoms with Crippen LogP contribution >= 0.6 is 11.6 Å². The number of rotatable bonds is 3. The molecule has 3 aromatic heterocycles. The third-order valence-corrected chi connectivity index (χ3v) is 5.62. The largest absolute Gasteiger partial charge is 0.370 e. The van der Waals surface area contributed by atoms with E-state index in [1.165, 1.54) is 23.0 Å². The Labute approximate surface area is 187 Å². The predicted molar refractivity (Wildman–Crippen MR) is 117 cm³/mol. The Kier molecular flexibility index (Phi) is 5.10. The van der Waals surface area contributed by atoms with Gasteiger partial charge in [0.2, 0.25) is 5.95 Å². The van der Waals surface area contributed by atoms with E-state index in [0.717, 1.165) is 5.56 Å². The molecule has 1 aromatic carbocycles. The third-order valence-electron chi connectivity index (χ3n) is 5.39. The summed E-state index contributed by atoms with van der Waals surface area (Å²) in [4.78, 5) is 28.2. The van der Waals surface area contributed by atoms with E-state index in [2.05, 4.69) is 20.1 Å². The first-order valence-corrected chi connectivity index (χ1v) is 10.3. The lowest BCUT2D eigenvalue weighted by atomic mass is 10.1. The average molecular weight is 456 g/mol. The van der Waals surface area contributed by atoms with Crippen LogP contribution in [0.4, 0.5) is 10.3 Å². The van der Waals surface area contributed by atoms with Crippen LogP contribution in [0.15, 0.2) is 41.7 Å². The maximum atomic E-state index is 14.8. The molecule has 0 amide bonds. The van der Waals surface area contributed by atoms with E-state index in [4.69, 9.17) is 16.3 Å². The molecule has 0 radical (unpaired) electrons. The third kappa shape index (κ3) is 3.61. The summed E-state index contributed by atoms with van der Waals surface area (Å²) in [7, 11) is 3.43. The molecule has 9 nitrogen and oxygen atoms in total. The molecule has 1 aliphatic rings. The molecule has 1 atom stereocenters. The van der Waals surface area contributed by atoms with Gasteiger partial charge in [0, 0.05) is 43.0 Å². The second kappa shape index (κ2) is 7.95. The number of aryl methyl sites for hydroxylation is 2. The second-order valence-corrected chi connectivity index (χ2v) is 8.04. The van der Waals surface area contributed by atoms with E-state index in [1.807, 2.05) is 18.1 Å². The standard InChI is InChI=1S/C21H19ClFN7O2/c1-28-11-24-18-17(14-4-3-13(22)7-15(14)23)26-21(27-19(18)20(28)31)30-5-6-32-16(10-30)12-8-25-29(2)9-12/h3-4,7-9,11,16H,5-6,10H2,1-2H3. The minimum Gasteiger partial charge on any atom is -0.370 e. The van der Waals surface area contributed by atoms with Gasteiger partial charge in [-0.3, -0.25) is 9.48 Å². The fourth-order valence-electron chi connectivity index (χ4n) is 3.73. The van der Waals surface area contributed by atoms with E-state index in [-0.39, 0.29) is 39.0 Å². The van der Waals surface area contributed by atoms with Gasteiger partial charge in [0.15, 0.2) is 5.52 Å². The van der Waals surface area contributed by atoms with Crippen molar-refractivity contribution in [3.63, 3.8) is 0 Å². The van der Waals surface area contributed by atoms with Crippen LogP contribution in [0.2, 0.25) is 5.02 Å². The van der Waals surface area contributed by atoms with Gasteiger partial charge in [0.25, 0.3) is 5.56 Å². The Morgan fingerprint density at radius 2 is 2.06 bits per heavy atom. The zero-order valence-electron chi connectivity index (χ0n) is 17.4. The van der Waals surface area contributed by atoms with Gasteiger partial charge in [-0.25, -0.2) is 19.3 Å². The molecule has 0 saturated carbocycles. The van der Waals surface area contributed by atoms with Gasteiger partial charge in [0.1, 0.15) is 23.1 Å². The van der Waals surface area contributed by atoms with Crippen LogP contribution < -0.4 is 10.5 Å². The molecular formula is C21H19ClFN7O2. The molecule has 11 heteroatoms. The predicted octanol–water partition coefficient (Wildman–Crippen LogP) is 2.49. The van der Waals surface area contributed by atoms with Crippen molar-refractivity contribution in [2.75, 3.05) is 24.6 Å². The number of hydrogen-bond acceptors (Lipinski definition) is 7. The molecule has 0 N–H and O–H groups in total. The van der Waals surface area contributed by atoms with E-state index in [0.29, 0.717) is 25.6 Å². The van der Waals surface area contributed by atoms with E-state index in [9.17, 15) is 9.18 Å². The summed E-state index contributed by atoms with van der Waals surface area (Å²) in [5.74, 6) is -0.245. The van der Waals surface area contributed by atoms with Crippen molar-refractivity contribution < 1.29 is 9.13 Å². The Bertz CT molecular complexity index is 1390. The fraction of sp³-hybridized carbons (Fsp3) is 0.286. The lowest BCUT2D eigenvalue weighted by Gasteiger charge is -2.32. The van der Waals surface area contributed by atoms with Crippen LogP contribution in [0.1, 0.15) is 11.7 Å². The Morgan fingerprint density at radius 3 is 2.81 bits per heavy atom. The van der Waals surface area contributed by atoms with Crippen LogP contribution in [0.25, 0.3) is 22.3 Å². The molecule has 1 aliphatic heterocycles. The minimum absolute atomic E-state index is 0.119. The first-order chi connectivity index (χ1) is 15.4. The van der Waals surface area contributed by atoms with Crippen molar-refractivity contribution in [1.29, 1.82) is 0 Å². The van der Waals surface area contributed by atoms with Gasteiger partial charge >= 0.3 is 0 Å². The molecule has 0 aliphatic carbocycles. The van der Waals surface area contributed by atoms with Gasteiger partial charge in [-0.1, -0.05) is 11.6 Å². The van der Waals surface area contributed by atoms with Crippen molar-refractivity contribution in [3.8, 4) is 11.3 Å². The quantitative estimate of drug-likeness (QED) is 0.468. The highest BCUT2D eigenvalue weighted by atomic mass is 35.5. The van der Waals surface area contributed by atoms with Crippen LogP contribution in [-0.4, -0.2) is 49.0 Å². The summed E-state index contributed by atoms with van der Waals surface area (Å²) in [6, 6.07) is 4.31. The Morgan fingerprint density at radius 1 is 1.22 bits per heavy atom. The van der Waals surface area contributed by atoms with Crippen molar-refractivity contribution in [2.45, 2.75) is 6.10 Å². The van der Waals surface area contributed by atoms with Gasteiger partial charge in [-0.2, -0.15) is 5.10 Å². The summed E-state index contributed by atoms with van der Waals surface area (Å²) in [6.45, 7) is 1.42. The number of ether oxygens (including phenoxy) is 1. The summed E-state index contributed by atoms with van der Waals surface area (Å²) in [6.07, 6.45) is 4.79. The molecular weight excluding hydrogens is 437 g/mol. The summed E-state index contributed by atoms with van der Waals surface area (Å²) >= 11 is 5.93. The molecule has 4 heterocycles. The lowest BCUT2D eigenvalue weighted by molar-refractivity contribution is 0.0392. The molecule has 1 fully saturated rings. The van der Waals surface area contributed by atoms with E-state index < -0.39 is 5.82 Å². The van der Waals surface area contributed by atoms with Crippen molar-refractivity contribution in [3.05, 3.63) is 63.7 Å². The average Bonchev–Trinajstić information content (AvgIpc) is 3.22. The summed E-state index contributed by atoms with van der Waals surface area (Å²) in [5.41, 5.74) is 1.37. The highest BCUT2D eigenvalue weighted by molar-refractivity contribution is 6.30. The number of nitrogens with zero attached hydrogens (tertiary/aromatic N) is 7. The van der Waals surface area contributed by atoms with Crippen LogP contribution in [0, 0.1) is 5.82 Å². The number of aromatic nitrogens is 6. The number of morpholine rings is 1. The summed E-state index contributed by atoms with van der Waals surface area (Å²) in [5, 5.41) is 4.47. The second-order valence-electron chi connectivity index (χ2n) is 7.61. The topological polar surface area (TPSA) is 91.0 Å². The molecule has 0 bridgehead atoms. The first-order valence-electron chi connectivity index (χ1n) is 9.94. The maximum absolute atomic E-state index is 14.8. The number of halogens is 2. The number of anilines is 1. The molecule has 1 saturated heterocycles. The Hall–Kier alpha value is -3.37. The number of hydrogen-bond donors (Lipinski definition) is 0. The summed E-state index contributed by atoms with van der Waals surface area (Å²) < 4.78 is 23.7. The zero-order chi connectivity index (χ0) is 22.4. The SMILES string of the molecule is Cn1cc(C2CN(c3nc(-c4ccc(Cl)cc4F)c4ncn(C)c(=O)c4n3)CCO2)cn1. The lowest BCUT2D eigenvalue weighted by Crippen LogP contribution is -2.39. The number of benzene rings is 1. The molecule has 0 spiro atoms. The van der Waals surface area contributed by atoms with Crippen molar-refractivity contribution >= 4 is 28.6 Å². The van der Waals surface area contributed by atoms with Gasteiger partial charge in [0.05, 0.1) is 25.7 Å². The molecule has 5 rings (SSSR count). The van der Waals surface area contributed by atoms with Gasteiger partial charge in [-0.15, -0.1) is 0 Å². The van der Waals surface area contributed by atoms with Crippen LogP contribution in [0.5, 0.6) is 0 Å². The van der Waals surface area contributed by atoms with E-state index >= 15 is 0 Å². The van der Waals surface area contributed by atoms with Crippen LogP contribution in [-0.2, 0) is 18.8 Å². The molecule has 1 unspecified atom stereocenters. The minimum atomic E-state index is -0.554.